The van der Waals surface area contributed by atoms with Gasteiger partial charge in [0.1, 0.15) is 25.0 Å². The van der Waals surface area contributed by atoms with E-state index in [0.717, 1.165) is 31.3 Å². The van der Waals surface area contributed by atoms with Crippen LogP contribution in [-0.4, -0.2) is 127 Å². The lowest BCUT2D eigenvalue weighted by molar-refractivity contribution is -0.332. The molecule has 0 saturated carbocycles. The van der Waals surface area contributed by atoms with Crippen LogP contribution in [0.3, 0.4) is 0 Å². The fourth-order valence-corrected chi connectivity index (χ4v) is 7.42. The van der Waals surface area contributed by atoms with Gasteiger partial charge in [0.25, 0.3) is 5.91 Å². The number of ether oxygens (including phenoxy) is 6. The smallest absolute Gasteiger partial charge is 0.326 e. The summed E-state index contributed by atoms with van der Waals surface area (Å²) in [5.41, 5.74) is 10.8. The number of methoxy groups -OCH3 is 2. The Kier molecular flexibility index (Phi) is 18.4. The lowest BCUT2D eigenvalue weighted by Gasteiger charge is -2.54. The minimum atomic E-state index is -1.70. The minimum absolute atomic E-state index is 0.0217. The summed E-state index contributed by atoms with van der Waals surface area (Å²) in [4.78, 5) is 40.9. The molecule has 3 saturated heterocycles. The second kappa shape index (κ2) is 21.9. The maximum Gasteiger partial charge on any atom is 0.326 e. The van der Waals surface area contributed by atoms with Crippen molar-refractivity contribution in [2.75, 3.05) is 27.6 Å². The van der Waals surface area contributed by atoms with Crippen LogP contribution in [0.1, 0.15) is 85.5 Å². The van der Waals surface area contributed by atoms with Crippen molar-refractivity contribution in [1.29, 1.82) is 0 Å². The molecule has 3 rings (SSSR count). The normalized spacial score (nSPS) is 30.6. The molecule has 3 fully saturated rings. The van der Waals surface area contributed by atoms with E-state index in [4.69, 9.17) is 39.9 Å². The lowest BCUT2D eigenvalue weighted by Crippen LogP contribution is -2.69. The largest absolute Gasteiger partial charge is 0.480 e. The van der Waals surface area contributed by atoms with Crippen LogP contribution in [0.15, 0.2) is 41.4 Å². The zero-order valence-electron chi connectivity index (χ0n) is 33.7. The van der Waals surface area contributed by atoms with E-state index in [1.54, 1.807) is 19.3 Å². The molecule has 3 aliphatic rings. The molecular weight excluding hydrogens is 730 g/mol. The Morgan fingerprint density at radius 3 is 2.43 bits per heavy atom. The monoisotopic (exact) mass is 795 g/mol. The average molecular weight is 796 g/mol. The molecule has 2 amide bonds. The molecule has 0 aromatic heterocycles. The number of nitrogens with two attached hydrogens (primary N) is 2. The molecule has 0 aliphatic carbocycles. The van der Waals surface area contributed by atoms with Crippen molar-refractivity contribution in [1.82, 2.24) is 10.6 Å². The third-order valence-electron chi connectivity index (χ3n) is 11.0. The molecule has 0 radical (unpaired) electrons. The summed E-state index contributed by atoms with van der Waals surface area (Å²) < 4.78 is 35.9. The Hall–Kier alpha value is -3.42. The number of amides is 2. The average Bonchev–Trinajstić information content (AvgIpc) is 3.14. The molecule has 3 heterocycles. The number of hydrogen-bond acceptors (Lipinski definition) is 12. The van der Waals surface area contributed by atoms with Crippen molar-refractivity contribution >= 4 is 23.7 Å². The number of nitrogens with one attached hydrogen (secondary N) is 2. The van der Waals surface area contributed by atoms with Crippen molar-refractivity contribution in [2.45, 2.75) is 146 Å². The lowest BCUT2D eigenvalue weighted by atomic mass is 9.72. The molecule has 9 N–H and O–H groups in total. The van der Waals surface area contributed by atoms with Crippen molar-refractivity contribution in [3.63, 3.8) is 0 Å². The third kappa shape index (κ3) is 12.8. The highest BCUT2D eigenvalue weighted by Gasteiger charge is 2.57. The molecule has 0 spiro atoms. The van der Waals surface area contributed by atoms with Crippen LogP contribution in [0, 0.1) is 11.3 Å². The van der Waals surface area contributed by atoms with Crippen molar-refractivity contribution < 1.29 is 58.1 Å². The molecule has 56 heavy (non-hydrogen) atoms. The van der Waals surface area contributed by atoms with Crippen molar-refractivity contribution in [2.24, 2.45) is 27.8 Å². The van der Waals surface area contributed by atoms with Gasteiger partial charge in [0.05, 0.1) is 24.4 Å². The summed E-state index contributed by atoms with van der Waals surface area (Å²) in [7, 11) is 2.97. The summed E-state index contributed by atoms with van der Waals surface area (Å²) in [6, 6.07) is -1.05. The van der Waals surface area contributed by atoms with Gasteiger partial charge >= 0.3 is 5.97 Å². The van der Waals surface area contributed by atoms with Gasteiger partial charge in [-0.2, -0.15) is 0 Å². The fourth-order valence-electron chi connectivity index (χ4n) is 7.42. The maximum atomic E-state index is 13.5. The zero-order chi connectivity index (χ0) is 41.6. The summed E-state index contributed by atoms with van der Waals surface area (Å²) >= 11 is 0. The number of aliphatic carboxylic acids is 1. The summed E-state index contributed by atoms with van der Waals surface area (Å²) in [5.74, 6) is -4.08. The standard InChI is InChI=1S/C39H65N5O12/c1-23-21-39(52-7,56-25(3)24(23)2)32(47)34(48)44-35-31-30(53-22-54-35)33(51-6)38(4,5)28(55-31)20-26(45)16-13-11-9-8-10-12-14-18-29(46)43-27(36(49)50)17-15-19-42-37(40)41/h10,12,14,18,24-28,30-33,35,45,47H,1,8-9,11,13,15-17,19-22H2,2-7H3,(H,43,46)(H,44,48)(H,49,50)(H4,40,41,42)/b12-10+,18-14+/t24-,25-,26?,27+,28-,30?,31?,32-,33-,35?,39-/m1/s1. The van der Waals surface area contributed by atoms with E-state index in [9.17, 15) is 29.7 Å². The molecule has 17 heteroatoms. The fraction of sp³-hybridized carbons (Fsp3) is 0.744. The van der Waals surface area contributed by atoms with E-state index >= 15 is 0 Å². The van der Waals surface area contributed by atoms with Crippen LogP contribution in [0.5, 0.6) is 0 Å². The Morgan fingerprint density at radius 2 is 1.79 bits per heavy atom. The van der Waals surface area contributed by atoms with Gasteiger partial charge in [-0.1, -0.05) is 64.0 Å². The number of allylic oxidation sites excluding steroid dienone is 3. The number of aliphatic hydroxyl groups excluding tert-OH is 2. The molecule has 0 bridgehead atoms. The number of hydrogen-bond donors (Lipinski definition) is 7. The van der Waals surface area contributed by atoms with E-state index in [1.165, 1.54) is 13.2 Å². The number of carbonyl (C=O) groups excluding carboxylic acids is 2. The Morgan fingerprint density at radius 1 is 1.05 bits per heavy atom. The minimum Gasteiger partial charge on any atom is -0.480 e. The number of guanidine groups is 1. The van der Waals surface area contributed by atoms with E-state index in [1.807, 2.05) is 33.8 Å². The van der Waals surface area contributed by atoms with Gasteiger partial charge in [-0.25, -0.2) is 4.79 Å². The van der Waals surface area contributed by atoms with Gasteiger partial charge < -0.3 is 65.8 Å². The summed E-state index contributed by atoms with van der Waals surface area (Å²) in [5, 5.41) is 36.9. The van der Waals surface area contributed by atoms with Crippen molar-refractivity contribution in [3.8, 4) is 0 Å². The predicted octanol–water partition coefficient (Wildman–Crippen LogP) is 1.75. The van der Waals surface area contributed by atoms with Crippen LogP contribution in [-0.2, 0) is 42.8 Å². The third-order valence-corrected chi connectivity index (χ3v) is 11.0. The van der Waals surface area contributed by atoms with Gasteiger partial charge in [-0.3, -0.25) is 14.6 Å². The SMILES string of the molecule is C=C1C[C@](OC)([C@H](O)C(=O)NC2OCOC3C2O[C@H](CC(O)CCCCC/C=C/C=C/C(=O)N[C@@H](CCCN=C(N)N)C(=O)O)C(C)(C)[C@@H]3OC)O[C@H](C)[C@@H]1C. The van der Waals surface area contributed by atoms with Crippen LogP contribution >= 0.6 is 0 Å². The number of nitrogens with zero attached hydrogens (tertiary/aromatic N) is 1. The first kappa shape index (κ1) is 47.0. The summed E-state index contributed by atoms with van der Waals surface area (Å²) in [6.45, 7) is 12.0. The Balaban J connectivity index is 1.48. The van der Waals surface area contributed by atoms with Gasteiger partial charge in [-0.05, 0) is 39.0 Å². The molecule has 4 unspecified atom stereocenters. The predicted molar refractivity (Wildman–Crippen MR) is 207 cm³/mol. The molecule has 3 aliphatic heterocycles. The van der Waals surface area contributed by atoms with Crippen molar-refractivity contribution in [3.05, 3.63) is 36.5 Å². The summed E-state index contributed by atoms with van der Waals surface area (Å²) in [6.07, 6.45) is 5.27. The molecule has 0 aromatic carbocycles. The molecular formula is C39H65N5O12. The first-order valence-corrected chi connectivity index (χ1v) is 19.4. The van der Waals surface area contributed by atoms with Crippen LogP contribution in [0.2, 0.25) is 0 Å². The molecule has 0 aromatic rings. The molecule has 318 valence electrons. The van der Waals surface area contributed by atoms with Gasteiger partial charge in [0, 0.05) is 51.0 Å². The van der Waals surface area contributed by atoms with Crippen LogP contribution < -0.4 is 22.1 Å². The van der Waals surface area contributed by atoms with E-state index < -0.39 is 77.9 Å². The first-order valence-electron chi connectivity index (χ1n) is 19.4. The molecule has 17 nitrogen and oxygen atoms in total. The first-order chi connectivity index (χ1) is 26.5. The highest BCUT2D eigenvalue weighted by molar-refractivity contribution is 5.91. The highest BCUT2D eigenvalue weighted by Crippen LogP contribution is 2.44. The number of aliphatic hydroxyl groups is 2. The Bertz CT molecular complexity index is 1400. The topological polar surface area (TPSA) is 256 Å². The maximum absolute atomic E-state index is 13.5. The zero-order valence-corrected chi connectivity index (χ0v) is 33.7. The van der Waals surface area contributed by atoms with Gasteiger partial charge in [0.2, 0.25) is 11.7 Å². The second-order valence-electron chi connectivity index (χ2n) is 15.4. The van der Waals surface area contributed by atoms with Gasteiger partial charge in [0.15, 0.2) is 18.3 Å². The highest BCUT2D eigenvalue weighted by atomic mass is 16.7. The number of rotatable bonds is 21. The van der Waals surface area contributed by atoms with Crippen LogP contribution in [0.4, 0.5) is 0 Å². The number of unbranched alkanes of at least 4 members (excludes halogenated alkanes) is 3. The number of carboxylic acids is 1. The number of aliphatic imine (C=N–C) groups is 1. The number of carboxylic acid groups (broad SMARTS) is 1. The Labute approximate surface area is 330 Å². The van der Waals surface area contributed by atoms with E-state index in [0.29, 0.717) is 19.3 Å². The molecule has 11 atom stereocenters. The van der Waals surface area contributed by atoms with Gasteiger partial charge in [-0.15, -0.1) is 0 Å². The number of fused-ring (bicyclic) bond motifs is 1. The van der Waals surface area contributed by atoms with E-state index in [2.05, 4.69) is 22.2 Å². The number of carbonyl (C=O) groups is 3. The van der Waals surface area contributed by atoms with E-state index in [-0.39, 0.29) is 44.2 Å². The van der Waals surface area contributed by atoms with Crippen LogP contribution in [0.25, 0.3) is 0 Å². The second-order valence-corrected chi connectivity index (χ2v) is 15.4. The quantitative estimate of drug-likeness (QED) is 0.0218.